The van der Waals surface area contributed by atoms with Crippen molar-refractivity contribution < 1.29 is 37.4 Å². The van der Waals surface area contributed by atoms with E-state index >= 15 is 0 Å². The second-order valence-electron chi connectivity index (χ2n) is 6.50. The molecule has 29 heavy (non-hydrogen) atoms. The summed E-state index contributed by atoms with van der Waals surface area (Å²) in [6, 6.07) is -0.313. The Kier molecular flexibility index (Phi) is 5.31. The van der Waals surface area contributed by atoms with Gasteiger partial charge in [0, 0.05) is 10.6 Å². The summed E-state index contributed by atoms with van der Waals surface area (Å²) in [6.45, 7) is 2.94. The summed E-state index contributed by atoms with van der Waals surface area (Å²) in [4.78, 5) is 37.4. The first-order chi connectivity index (χ1) is 13.4. The van der Waals surface area contributed by atoms with E-state index < -0.39 is 47.4 Å². The van der Waals surface area contributed by atoms with Gasteiger partial charge in [-0.3, -0.25) is 19.7 Å². The summed E-state index contributed by atoms with van der Waals surface area (Å²) in [7, 11) is 0. The zero-order valence-electron chi connectivity index (χ0n) is 14.3. The summed E-state index contributed by atoms with van der Waals surface area (Å²) < 4.78 is 45.9. The number of carboxylic acid groups (broad SMARTS) is 1. The Hall–Kier alpha value is -2.30. The number of hydrogen-bond acceptors (Lipinski definition) is 5. The smallest absolute Gasteiger partial charge is 0.404 e. The molecule has 1 spiro atoms. The van der Waals surface area contributed by atoms with Gasteiger partial charge in [0.2, 0.25) is 5.91 Å². The van der Waals surface area contributed by atoms with Crippen molar-refractivity contribution in [3.05, 3.63) is 40.4 Å². The Balaban J connectivity index is 2.28. The Morgan fingerprint density at radius 3 is 2.55 bits per heavy atom. The number of fused-ring (bicyclic) bond motifs is 2. The molecule has 4 unspecified atom stereocenters. The summed E-state index contributed by atoms with van der Waals surface area (Å²) in [5, 5.41) is 13.8. The lowest BCUT2D eigenvalue weighted by Gasteiger charge is -2.29. The predicted molar refractivity (Wildman–Crippen MR) is 95.5 cm³/mol. The van der Waals surface area contributed by atoms with E-state index in [-0.39, 0.29) is 27.9 Å². The minimum atomic E-state index is -5.09. The van der Waals surface area contributed by atoms with Crippen LogP contribution in [0.4, 0.5) is 18.9 Å². The van der Waals surface area contributed by atoms with Gasteiger partial charge < -0.3 is 15.2 Å². The predicted octanol–water partition coefficient (Wildman–Crippen LogP) is 2.72. The van der Waals surface area contributed by atoms with Gasteiger partial charge >= 0.3 is 18.1 Å². The SMILES string of the molecule is C=CCOC(=O)C1C(C(=O)O)C(C(F)(F)F)NC12C(=O)Nc1c(Cl)cc(Cl)cc12. The van der Waals surface area contributed by atoms with Crippen LogP contribution >= 0.6 is 23.2 Å². The Bertz CT molecular complexity index is 923. The summed E-state index contributed by atoms with van der Waals surface area (Å²) in [5.41, 5.74) is -2.63. The molecule has 1 saturated heterocycles. The van der Waals surface area contributed by atoms with Crippen molar-refractivity contribution in [2.24, 2.45) is 11.8 Å². The summed E-state index contributed by atoms with van der Waals surface area (Å²) in [6.07, 6.45) is -3.94. The lowest BCUT2D eigenvalue weighted by molar-refractivity contribution is -0.178. The van der Waals surface area contributed by atoms with Crippen molar-refractivity contribution in [1.29, 1.82) is 0 Å². The number of benzene rings is 1. The third kappa shape index (κ3) is 3.24. The Labute approximate surface area is 171 Å². The van der Waals surface area contributed by atoms with E-state index in [0.29, 0.717) is 0 Å². The fourth-order valence-corrected chi connectivity index (χ4v) is 4.35. The standard InChI is InChI=1S/C17H13Cl2F3N2O5/c1-2-3-29-14(27)10-9(13(25)26)12(17(20,21)22)24-16(10)7-4-6(18)5-8(19)11(7)23-15(16)28/h2,4-5,9-10,12,24H,1,3H2,(H,23,28)(H,25,26). The van der Waals surface area contributed by atoms with Crippen LogP contribution in [0.2, 0.25) is 10.0 Å². The molecule has 3 N–H and O–H groups in total. The normalized spacial score (nSPS) is 28.2. The summed E-state index contributed by atoms with van der Waals surface area (Å²) >= 11 is 12.0. The van der Waals surface area contributed by atoms with Crippen molar-refractivity contribution in [3.63, 3.8) is 0 Å². The second kappa shape index (κ2) is 7.19. The molecule has 3 rings (SSSR count). The number of alkyl halides is 3. The van der Waals surface area contributed by atoms with Gasteiger partial charge in [0.15, 0.2) is 0 Å². The van der Waals surface area contributed by atoms with Crippen molar-refractivity contribution in [1.82, 2.24) is 5.32 Å². The van der Waals surface area contributed by atoms with Crippen LogP contribution in [0.25, 0.3) is 0 Å². The van der Waals surface area contributed by atoms with Gasteiger partial charge in [0.05, 0.1) is 16.6 Å². The number of aliphatic carboxylic acids is 1. The molecule has 1 fully saturated rings. The maximum absolute atomic E-state index is 13.7. The van der Waals surface area contributed by atoms with Gasteiger partial charge in [-0.2, -0.15) is 13.2 Å². The topological polar surface area (TPSA) is 105 Å². The van der Waals surface area contributed by atoms with E-state index in [9.17, 15) is 32.7 Å². The number of nitrogens with one attached hydrogen (secondary N) is 2. The van der Waals surface area contributed by atoms with Crippen molar-refractivity contribution >= 4 is 46.7 Å². The number of halogens is 5. The fourth-order valence-electron chi connectivity index (χ4n) is 3.81. The van der Waals surface area contributed by atoms with E-state index in [1.807, 2.05) is 5.32 Å². The van der Waals surface area contributed by atoms with Gasteiger partial charge in [0.1, 0.15) is 24.1 Å². The van der Waals surface area contributed by atoms with Gasteiger partial charge in [-0.1, -0.05) is 35.9 Å². The van der Waals surface area contributed by atoms with E-state index in [1.54, 1.807) is 0 Å². The first kappa shape index (κ1) is 21.4. The highest BCUT2D eigenvalue weighted by molar-refractivity contribution is 6.38. The van der Waals surface area contributed by atoms with E-state index in [2.05, 4.69) is 11.9 Å². The average molecular weight is 453 g/mol. The quantitative estimate of drug-likeness (QED) is 0.479. The number of carboxylic acids is 1. The van der Waals surface area contributed by atoms with E-state index in [0.717, 1.165) is 12.1 Å². The highest BCUT2D eigenvalue weighted by Gasteiger charge is 2.71. The average Bonchev–Trinajstić information content (AvgIpc) is 3.11. The maximum atomic E-state index is 13.7. The van der Waals surface area contributed by atoms with Gasteiger partial charge in [-0.05, 0) is 12.1 Å². The van der Waals surface area contributed by atoms with Crippen LogP contribution in [-0.4, -0.2) is 41.8 Å². The first-order valence-corrected chi connectivity index (χ1v) is 8.86. The van der Waals surface area contributed by atoms with Crippen molar-refractivity contribution in [2.45, 2.75) is 17.8 Å². The zero-order chi connectivity index (χ0) is 21.7. The Morgan fingerprint density at radius 1 is 1.34 bits per heavy atom. The number of ether oxygens (including phenoxy) is 1. The minimum Gasteiger partial charge on any atom is -0.481 e. The molecule has 7 nitrogen and oxygen atoms in total. The molecule has 2 aliphatic heterocycles. The first-order valence-electron chi connectivity index (χ1n) is 8.10. The second-order valence-corrected chi connectivity index (χ2v) is 7.34. The number of carbonyl (C=O) groups excluding carboxylic acids is 2. The van der Waals surface area contributed by atoms with Crippen LogP contribution in [0.15, 0.2) is 24.8 Å². The number of hydrogen-bond donors (Lipinski definition) is 3. The summed E-state index contributed by atoms with van der Waals surface area (Å²) in [5.74, 6) is -8.71. The number of amides is 1. The molecule has 0 saturated carbocycles. The van der Waals surface area contributed by atoms with Crippen molar-refractivity contribution in [3.8, 4) is 0 Å². The third-order valence-electron chi connectivity index (χ3n) is 4.88. The van der Waals surface area contributed by atoms with Crippen LogP contribution < -0.4 is 10.6 Å². The van der Waals surface area contributed by atoms with Crippen molar-refractivity contribution in [2.75, 3.05) is 11.9 Å². The van der Waals surface area contributed by atoms with Crippen LogP contribution in [0.1, 0.15) is 5.56 Å². The molecular weight excluding hydrogens is 440 g/mol. The highest BCUT2D eigenvalue weighted by atomic mass is 35.5. The molecule has 2 aliphatic rings. The molecule has 1 amide bonds. The molecule has 0 aromatic heterocycles. The molecule has 4 atom stereocenters. The largest absolute Gasteiger partial charge is 0.481 e. The molecule has 0 radical (unpaired) electrons. The monoisotopic (exact) mass is 452 g/mol. The molecule has 12 heteroatoms. The Morgan fingerprint density at radius 2 is 2.00 bits per heavy atom. The third-order valence-corrected chi connectivity index (χ3v) is 5.40. The molecule has 0 aliphatic carbocycles. The van der Waals surface area contributed by atoms with Crippen LogP contribution in [0, 0.1) is 11.8 Å². The minimum absolute atomic E-state index is 0.0213. The van der Waals surface area contributed by atoms with Gasteiger partial charge in [0.25, 0.3) is 0 Å². The molecule has 0 bridgehead atoms. The molecular formula is C17H13Cl2F3N2O5. The highest BCUT2D eigenvalue weighted by Crippen LogP contribution is 2.54. The fraction of sp³-hybridized carbons (Fsp3) is 0.353. The molecule has 156 valence electrons. The maximum Gasteiger partial charge on any atom is 0.404 e. The number of carbonyl (C=O) groups is 3. The molecule has 1 aromatic rings. The molecule has 2 heterocycles. The lowest BCUT2D eigenvalue weighted by Crippen LogP contribution is -2.53. The molecule has 1 aromatic carbocycles. The zero-order valence-corrected chi connectivity index (χ0v) is 15.9. The van der Waals surface area contributed by atoms with E-state index in [4.69, 9.17) is 27.9 Å². The number of rotatable bonds is 4. The number of anilines is 1. The van der Waals surface area contributed by atoms with Gasteiger partial charge in [-0.25, -0.2) is 0 Å². The van der Waals surface area contributed by atoms with E-state index in [1.165, 1.54) is 6.07 Å². The van der Waals surface area contributed by atoms with Gasteiger partial charge in [-0.15, -0.1) is 0 Å². The van der Waals surface area contributed by atoms with Crippen LogP contribution in [0.5, 0.6) is 0 Å². The number of esters is 1. The van der Waals surface area contributed by atoms with Crippen LogP contribution in [-0.2, 0) is 24.7 Å². The van der Waals surface area contributed by atoms with Crippen LogP contribution in [0.3, 0.4) is 0 Å². The lowest BCUT2D eigenvalue weighted by atomic mass is 9.75.